The summed E-state index contributed by atoms with van der Waals surface area (Å²) in [6.07, 6.45) is -0.310. The summed E-state index contributed by atoms with van der Waals surface area (Å²) >= 11 is 1.31. The Balaban J connectivity index is 1.65. The molecule has 138 valence electrons. The normalized spacial score (nSPS) is 11.7. The Hall–Kier alpha value is -3.03. The molecule has 3 rings (SSSR count). The van der Waals surface area contributed by atoms with Crippen LogP contribution in [0.1, 0.15) is 12.0 Å². The van der Waals surface area contributed by atoms with Crippen molar-refractivity contribution in [3.05, 3.63) is 71.6 Å². The molecule has 0 saturated carbocycles. The third-order valence-corrected chi connectivity index (χ3v) is 4.65. The first kappa shape index (κ1) is 18.8. The van der Waals surface area contributed by atoms with Crippen LogP contribution < -0.4 is 10.6 Å². The molecule has 1 heterocycles. The minimum Gasteiger partial charge on any atom is -0.481 e. The van der Waals surface area contributed by atoms with Crippen molar-refractivity contribution in [2.24, 2.45) is 0 Å². The molecule has 0 spiro atoms. The molecule has 0 radical (unpaired) electrons. The summed E-state index contributed by atoms with van der Waals surface area (Å²) in [7, 11) is 0. The SMILES string of the molecule is O=C(O)CC(NCc1ccccc1)C(=O)Nc1nc(-c2ccccc2)cs1. The van der Waals surface area contributed by atoms with Gasteiger partial charge in [0.05, 0.1) is 18.2 Å². The monoisotopic (exact) mass is 381 g/mol. The predicted molar refractivity (Wildman–Crippen MR) is 106 cm³/mol. The molecule has 2 aromatic carbocycles. The third kappa shape index (κ3) is 5.47. The average Bonchev–Trinajstić information content (AvgIpc) is 3.15. The molecule has 27 heavy (non-hydrogen) atoms. The Morgan fingerprint density at radius 2 is 1.70 bits per heavy atom. The fourth-order valence-corrected chi connectivity index (χ4v) is 3.26. The molecule has 1 atom stereocenters. The summed E-state index contributed by atoms with van der Waals surface area (Å²) in [4.78, 5) is 28.1. The van der Waals surface area contributed by atoms with E-state index in [4.69, 9.17) is 5.11 Å². The van der Waals surface area contributed by atoms with Gasteiger partial charge in [0.1, 0.15) is 0 Å². The van der Waals surface area contributed by atoms with E-state index in [2.05, 4.69) is 15.6 Å². The lowest BCUT2D eigenvalue weighted by Gasteiger charge is -2.16. The Kier molecular flexibility index (Phi) is 6.30. The van der Waals surface area contributed by atoms with E-state index in [9.17, 15) is 9.59 Å². The van der Waals surface area contributed by atoms with Gasteiger partial charge in [0.15, 0.2) is 5.13 Å². The van der Waals surface area contributed by atoms with Crippen molar-refractivity contribution in [3.8, 4) is 11.3 Å². The second kappa shape index (κ2) is 9.07. The first-order chi connectivity index (χ1) is 13.1. The maximum Gasteiger partial charge on any atom is 0.305 e. The van der Waals surface area contributed by atoms with Crippen molar-refractivity contribution in [1.29, 1.82) is 0 Å². The van der Waals surface area contributed by atoms with Crippen molar-refractivity contribution in [1.82, 2.24) is 10.3 Å². The van der Waals surface area contributed by atoms with Crippen LogP contribution in [0.4, 0.5) is 5.13 Å². The fraction of sp³-hybridized carbons (Fsp3) is 0.150. The molecule has 0 bridgehead atoms. The summed E-state index contributed by atoms with van der Waals surface area (Å²) in [6, 6.07) is 18.3. The number of rotatable bonds is 8. The second-order valence-corrected chi connectivity index (χ2v) is 6.77. The van der Waals surface area contributed by atoms with Crippen molar-refractivity contribution in [3.63, 3.8) is 0 Å². The van der Waals surface area contributed by atoms with E-state index < -0.39 is 17.9 Å². The first-order valence-electron chi connectivity index (χ1n) is 8.43. The number of aliphatic carboxylic acids is 1. The number of nitrogens with one attached hydrogen (secondary N) is 2. The quantitative estimate of drug-likeness (QED) is 0.556. The second-order valence-electron chi connectivity index (χ2n) is 5.91. The lowest BCUT2D eigenvalue weighted by atomic mass is 10.1. The Labute approximate surface area is 160 Å². The molecular formula is C20H19N3O3S. The number of carbonyl (C=O) groups is 2. The number of carboxylic acid groups (broad SMARTS) is 1. The van der Waals surface area contributed by atoms with E-state index in [0.717, 1.165) is 16.8 Å². The summed E-state index contributed by atoms with van der Waals surface area (Å²) < 4.78 is 0. The summed E-state index contributed by atoms with van der Waals surface area (Å²) in [5.41, 5.74) is 2.70. The number of aromatic nitrogens is 1. The van der Waals surface area contributed by atoms with Crippen molar-refractivity contribution < 1.29 is 14.7 Å². The maximum absolute atomic E-state index is 12.5. The highest BCUT2D eigenvalue weighted by atomic mass is 32.1. The zero-order chi connectivity index (χ0) is 19.1. The zero-order valence-electron chi connectivity index (χ0n) is 14.5. The van der Waals surface area contributed by atoms with E-state index in [0.29, 0.717) is 11.7 Å². The van der Waals surface area contributed by atoms with Crippen LogP contribution in [-0.2, 0) is 16.1 Å². The van der Waals surface area contributed by atoms with Crippen LogP contribution in [-0.4, -0.2) is 28.0 Å². The minimum atomic E-state index is -1.04. The van der Waals surface area contributed by atoms with Gasteiger partial charge in [0.2, 0.25) is 5.91 Å². The largest absolute Gasteiger partial charge is 0.481 e. The molecule has 3 aromatic rings. The Bertz CT molecular complexity index is 897. The molecule has 0 aliphatic heterocycles. The molecule has 3 N–H and O–H groups in total. The van der Waals surface area contributed by atoms with E-state index >= 15 is 0 Å². The molecule has 0 fully saturated rings. The van der Waals surface area contributed by atoms with Crippen LogP contribution in [0.25, 0.3) is 11.3 Å². The first-order valence-corrected chi connectivity index (χ1v) is 9.30. The van der Waals surface area contributed by atoms with Crippen molar-refractivity contribution in [2.75, 3.05) is 5.32 Å². The van der Waals surface area contributed by atoms with Crippen LogP contribution in [0.5, 0.6) is 0 Å². The van der Waals surface area contributed by atoms with Gasteiger partial charge in [0.25, 0.3) is 0 Å². The highest BCUT2D eigenvalue weighted by molar-refractivity contribution is 7.14. The molecule has 1 unspecified atom stereocenters. The van der Waals surface area contributed by atoms with Gasteiger partial charge in [-0.1, -0.05) is 60.7 Å². The van der Waals surface area contributed by atoms with Gasteiger partial charge < -0.3 is 15.7 Å². The zero-order valence-corrected chi connectivity index (χ0v) is 15.3. The number of benzene rings is 2. The van der Waals surface area contributed by atoms with Crippen molar-refractivity contribution in [2.45, 2.75) is 19.0 Å². The average molecular weight is 381 g/mol. The summed E-state index contributed by atoms with van der Waals surface area (Å²) in [5, 5.41) is 17.1. The van der Waals surface area contributed by atoms with Gasteiger partial charge in [0, 0.05) is 17.5 Å². The van der Waals surface area contributed by atoms with Crippen LogP contribution in [0.15, 0.2) is 66.0 Å². The molecule has 0 aliphatic rings. The number of hydrogen-bond acceptors (Lipinski definition) is 5. The van der Waals surface area contributed by atoms with Crippen LogP contribution in [0.3, 0.4) is 0 Å². The van der Waals surface area contributed by atoms with E-state index in [1.807, 2.05) is 66.0 Å². The number of amides is 1. The molecule has 6 nitrogen and oxygen atoms in total. The van der Waals surface area contributed by atoms with E-state index in [-0.39, 0.29) is 6.42 Å². The van der Waals surface area contributed by atoms with Gasteiger partial charge in [-0.15, -0.1) is 11.3 Å². The number of nitrogens with zero attached hydrogens (tertiary/aromatic N) is 1. The highest BCUT2D eigenvalue weighted by Gasteiger charge is 2.22. The van der Waals surface area contributed by atoms with Crippen LogP contribution in [0.2, 0.25) is 0 Å². The maximum atomic E-state index is 12.5. The molecule has 1 aromatic heterocycles. The molecule has 0 saturated heterocycles. The Morgan fingerprint density at radius 3 is 2.37 bits per heavy atom. The van der Waals surface area contributed by atoms with Crippen LogP contribution in [0, 0.1) is 0 Å². The molecular weight excluding hydrogens is 362 g/mol. The topological polar surface area (TPSA) is 91.3 Å². The lowest BCUT2D eigenvalue weighted by molar-refractivity contribution is -0.139. The third-order valence-electron chi connectivity index (χ3n) is 3.89. The number of thiazole rings is 1. The minimum absolute atomic E-state index is 0.310. The number of carboxylic acids is 1. The van der Waals surface area contributed by atoms with E-state index in [1.165, 1.54) is 11.3 Å². The fourth-order valence-electron chi connectivity index (χ4n) is 2.53. The van der Waals surface area contributed by atoms with E-state index in [1.54, 1.807) is 0 Å². The smallest absolute Gasteiger partial charge is 0.305 e. The summed E-state index contributed by atoms with van der Waals surface area (Å²) in [6.45, 7) is 0.402. The lowest BCUT2D eigenvalue weighted by Crippen LogP contribution is -2.41. The molecule has 1 amide bonds. The van der Waals surface area contributed by atoms with Gasteiger partial charge in [-0.05, 0) is 5.56 Å². The highest BCUT2D eigenvalue weighted by Crippen LogP contribution is 2.24. The molecule has 0 aliphatic carbocycles. The van der Waals surface area contributed by atoms with Gasteiger partial charge in [-0.25, -0.2) is 4.98 Å². The summed E-state index contributed by atoms with van der Waals surface area (Å²) in [5.74, 6) is -1.46. The van der Waals surface area contributed by atoms with Gasteiger partial charge in [-0.2, -0.15) is 0 Å². The predicted octanol–water partition coefficient (Wildman–Crippen LogP) is 3.38. The number of hydrogen-bond donors (Lipinski definition) is 3. The standard InChI is InChI=1S/C20H19N3O3S/c24-18(25)11-16(21-12-14-7-3-1-4-8-14)19(26)23-20-22-17(13-27-20)15-9-5-2-6-10-15/h1-10,13,16,21H,11-12H2,(H,24,25)(H,22,23,26). The molecule has 7 heteroatoms. The Morgan fingerprint density at radius 1 is 1.04 bits per heavy atom. The number of carbonyl (C=O) groups excluding carboxylic acids is 1. The van der Waals surface area contributed by atoms with Crippen molar-refractivity contribution >= 4 is 28.3 Å². The van der Waals surface area contributed by atoms with Gasteiger partial charge in [-0.3, -0.25) is 9.59 Å². The van der Waals surface area contributed by atoms with Gasteiger partial charge >= 0.3 is 5.97 Å². The number of anilines is 1. The van der Waals surface area contributed by atoms with Crippen LogP contribution >= 0.6 is 11.3 Å².